The lowest BCUT2D eigenvalue weighted by atomic mass is 9.92. The quantitative estimate of drug-likeness (QED) is 0.677. The van der Waals surface area contributed by atoms with Crippen LogP contribution in [-0.2, 0) is 12.5 Å². The van der Waals surface area contributed by atoms with Gasteiger partial charge in [0.25, 0.3) is 0 Å². The number of carbonyl (C=O) groups excluding carboxylic acids is 1. The summed E-state index contributed by atoms with van der Waals surface area (Å²) in [6.45, 7) is 8.15. The van der Waals surface area contributed by atoms with E-state index in [9.17, 15) is 4.79 Å². The second-order valence-corrected chi connectivity index (χ2v) is 4.57. The molecule has 0 bridgehead atoms. The van der Waals surface area contributed by atoms with Crippen molar-refractivity contribution in [3.05, 3.63) is 17.5 Å². The standard InChI is InChI=1S/C11H18N2O/c1-6-9(14)8-7-10(11(2,3)4)12-13(8)5/h7H,6H2,1-5H3. The van der Waals surface area contributed by atoms with Crippen LogP contribution in [0.5, 0.6) is 0 Å². The van der Waals surface area contributed by atoms with Crippen LogP contribution in [-0.4, -0.2) is 15.6 Å². The molecule has 0 spiro atoms. The van der Waals surface area contributed by atoms with Crippen molar-refractivity contribution in [1.82, 2.24) is 9.78 Å². The Morgan fingerprint density at radius 1 is 1.50 bits per heavy atom. The van der Waals surface area contributed by atoms with Crippen molar-refractivity contribution in [2.75, 3.05) is 0 Å². The Morgan fingerprint density at radius 2 is 2.07 bits per heavy atom. The number of aromatic nitrogens is 2. The summed E-state index contributed by atoms with van der Waals surface area (Å²) in [6, 6.07) is 1.89. The molecule has 0 aromatic carbocycles. The Balaban J connectivity index is 3.12. The van der Waals surface area contributed by atoms with Gasteiger partial charge in [0.05, 0.1) is 5.69 Å². The maximum atomic E-state index is 11.5. The molecular formula is C11H18N2O. The molecule has 78 valence electrons. The molecule has 0 aliphatic carbocycles. The molecule has 0 aliphatic rings. The van der Waals surface area contributed by atoms with Crippen LogP contribution >= 0.6 is 0 Å². The molecule has 1 heterocycles. The predicted molar refractivity (Wildman–Crippen MR) is 56.5 cm³/mol. The molecule has 1 aromatic rings. The van der Waals surface area contributed by atoms with Crippen LogP contribution in [0.1, 0.15) is 50.3 Å². The summed E-state index contributed by atoms with van der Waals surface area (Å²) in [5.74, 6) is 0.149. The van der Waals surface area contributed by atoms with Gasteiger partial charge in [-0.3, -0.25) is 9.48 Å². The first-order valence-corrected chi connectivity index (χ1v) is 4.94. The van der Waals surface area contributed by atoms with E-state index in [0.29, 0.717) is 12.1 Å². The molecule has 0 aliphatic heterocycles. The molecule has 0 fully saturated rings. The second-order valence-electron chi connectivity index (χ2n) is 4.57. The fourth-order valence-corrected chi connectivity index (χ4v) is 1.28. The van der Waals surface area contributed by atoms with E-state index in [2.05, 4.69) is 25.9 Å². The minimum atomic E-state index is 0.00400. The summed E-state index contributed by atoms with van der Waals surface area (Å²) < 4.78 is 1.67. The molecule has 0 N–H and O–H groups in total. The number of ketones is 1. The number of Topliss-reactive ketones (excluding diaryl/α,β-unsaturated/α-hetero) is 1. The lowest BCUT2D eigenvalue weighted by Gasteiger charge is -2.13. The molecule has 14 heavy (non-hydrogen) atoms. The third-order valence-corrected chi connectivity index (χ3v) is 2.26. The topological polar surface area (TPSA) is 34.9 Å². The van der Waals surface area contributed by atoms with Crippen molar-refractivity contribution in [3.63, 3.8) is 0 Å². The SMILES string of the molecule is CCC(=O)c1cc(C(C)(C)C)nn1C. The number of nitrogens with zero attached hydrogens (tertiary/aromatic N) is 2. The first-order valence-electron chi connectivity index (χ1n) is 4.94. The van der Waals surface area contributed by atoms with Crippen LogP contribution in [0.15, 0.2) is 6.07 Å². The Labute approximate surface area is 85.1 Å². The largest absolute Gasteiger partial charge is 0.292 e. The van der Waals surface area contributed by atoms with Gasteiger partial charge in [0, 0.05) is 18.9 Å². The van der Waals surface area contributed by atoms with Crippen LogP contribution in [0.4, 0.5) is 0 Å². The average molecular weight is 194 g/mol. The lowest BCUT2D eigenvalue weighted by molar-refractivity contribution is 0.0979. The maximum absolute atomic E-state index is 11.5. The van der Waals surface area contributed by atoms with Crippen LogP contribution in [0.3, 0.4) is 0 Å². The zero-order chi connectivity index (χ0) is 10.9. The Morgan fingerprint density at radius 3 is 2.43 bits per heavy atom. The summed E-state index contributed by atoms with van der Waals surface area (Å²) in [7, 11) is 1.82. The van der Waals surface area contributed by atoms with Crippen molar-refractivity contribution in [3.8, 4) is 0 Å². The van der Waals surface area contributed by atoms with Gasteiger partial charge >= 0.3 is 0 Å². The van der Waals surface area contributed by atoms with E-state index in [-0.39, 0.29) is 11.2 Å². The number of hydrogen-bond acceptors (Lipinski definition) is 2. The molecule has 0 atom stereocenters. The predicted octanol–water partition coefficient (Wildman–Crippen LogP) is 2.31. The van der Waals surface area contributed by atoms with Crippen molar-refractivity contribution in [1.29, 1.82) is 0 Å². The van der Waals surface area contributed by atoms with E-state index in [1.165, 1.54) is 0 Å². The minimum Gasteiger partial charge on any atom is -0.292 e. The summed E-state index contributed by atoms with van der Waals surface area (Å²) in [5.41, 5.74) is 1.68. The number of carbonyl (C=O) groups is 1. The highest BCUT2D eigenvalue weighted by molar-refractivity contribution is 5.94. The molecule has 1 aromatic heterocycles. The molecule has 0 unspecified atom stereocenters. The van der Waals surface area contributed by atoms with Gasteiger partial charge in [0.1, 0.15) is 5.69 Å². The third-order valence-electron chi connectivity index (χ3n) is 2.26. The van der Waals surface area contributed by atoms with E-state index in [4.69, 9.17) is 0 Å². The summed E-state index contributed by atoms with van der Waals surface area (Å²) >= 11 is 0. The molecule has 0 radical (unpaired) electrons. The monoisotopic (exact) mass is 194 g/mol. The van der Waals surface area contributed by atoms with Crippen LogP contribution in [0.25, 0.3) is 0 Å². The van der Waals surface area contributed by atoms with E-state index >= 15 is 0 Å². The zero-order valence-electron chi connectivity index (χ0n) is 9.59. The number of hydrogen-bond donors (Lipinski definition) is 0. The van der Waals surface area contributed by atoms with Gasteiger partial charge in [-0.2, -0.15) is 5.10 Å². The molecule has 0 amide bonds. The zero-order valence-corrected chi connectivity index (χ0v) is 9.59. The second kappa shape index (κ2) is 3.56. The fourth-order valence-electron chi connectivity index (χ4n) is 1.28. The van der Waals surface area contributed by atoms with Gasteiger partial charge in [-0.15, -0.1) is 0 Å². The van der Waals surface area contributed by atoms with Crippen molar-refractivity contribution in [2.45, 2.75) is 39.5 Å². The molecular weight excluding hydrogens is 176 g/mol. The third kappa shape index (κ3) is 2.03. The van der Waals surface area contributed by atoms with Gasteiger partial charge in [-0.05, 0) is 6.07 Å². The van der Waals surface area contributed by atoms with Gasteiger partial charge in [0.15, 0.2) is 5.78 Å². The first-order chi connectivity index (χ1) is 6.36. The van der Waals surface area contributed by atoms with E-state index in [0.717, 1.165) is 5.69 Å². The average Bonchev–Trinajstić information content (AvgIpc) is 2.45. The Hall–Kier alpha value is -1.12. The summed E-state index contributed by atoms with van der Waals surface area (Å²) in [6.07, 6.45) is 0.531. The van der Waals surface area contributed by atoms with Crippen LogP contribution in [0.2, 0.25) is 0 Å². The van der Waals surface area contributed by atoms with Crippen molar-refractivity contribution in [2.24, 2.45) is 7.05 Å². The fraction of sp³-hybridized carbons (Fsp3) is 0.636. The van der Waals surface area contributed by atoms with Gasteiger partial charge in [-0.25, -0.2) is 0 Å². The Kier molecular flexibility index (Phi) is 2.79. The smallest absolute Gasteiger partial charge is 0.180 e. The summed E-state index contributed by atoms with van der Waals surface area (Å²) in [5, 5.41) is 4.35. The number of rotatable bonds is 2. The first kappa shape index (κ1) is 11.0. The molecule has 3 heteroatoms. The highest BCUT2D eigenvalue weighted by Crippen LogP contribution is 2.21. The highest BCUT2D eigenvalue weighted by Gasteiger charge is 2.20. The Bertz CT molecular complexity index is 345. The molecule has 1 rings (SSSR count). The van der Waals surface area contributed by atoms with Crippen LogP contribution < -0.4 is 0 Å². The molecule has 0 saturated heterocycles. The minimum absolute atomic E-state index is 0.00400. The van der Waals surface area contributed by atoms with E-state index in [1.54, 1.807) is 4.68 Å². The van der Waals surface area contributed by atoms with Gasteiger partial charge in [0.2, 0.25) is 0 Å². The van der Waals surface area contributed by atoms with Crippen molar-refractivity contribution < 1.29 is 4.79 Å². The van der Waals surface area contributed by atoms with Gasteiger partial charge < -0.3 is 0 Å². The normalized spacial score (nSPS) is 11.8. The molecule has 3 nitrogen and oxygen atoms in total. The van der Waals surface area contributed by atoms with E-state index < -0.39 is 0 Å². The maximum Gasteiger partial charge on any atom is 0.180 e. The number of aryl methyl sites for hydroxylation is 1. The van der Waals surface area contributed by atoms with Crippen LogP contribution in [0, 0.1) is 0 Å². The van der Waals surface area contributed by atoms with E-state index in [1.807, 2.05) is 20.0 Å². The summed E-state index contributed by atoms with van der Waals surface area (Å²) in [4.78, 5) is 11.5. The van der Waals surface area contributed by atoms with Crippen molar-refractivity contribution >= 4 is 5.78 Å². The molecule has 0 saturated carbocycles. The van der Waals surface area contributed by atoms with Gasteiger partial charge in [-0.1, -0.05) is 27.7 Å². The highest BCUT2D eigenvalue weighted by atomic mass is 16.1. The lowest BCUT2D eigenvalue weighted by Crippen LogP contribution is -2.12.